The van der Waals surface area contributed by atoms with Gasteiger partial charge in [0.05, 0.1) is 0 Å². The number of rotatable bonds is 7. The second kappa shape index (κ2) is 9.05. The molecule has 26 heavy (non-hydrogen) atoms. The zero-order chi connectivity index (χ0) is 19.1. The summed E-state index contributed by atoms with van der Waals surface area (Å²) in [5.74, 6) is -2.71. The molecule has 2 amide bonds. The molecule has 0 radical (unpaired) electrons. The highest BCUT2D eigenvalue weighted by atomic mass is 19.2. The Morgan fingerprint density at radius 3 is 2.12 bits per heavy atom. The van der Waals surface area contributed by atoms with Crippen LogP contribution in [0.1, 0.15) is 27.1 Å². The van der Waals surface area contributed by atoms with E-state index in [9.17, 15) is 18.4 Å². The molecule has 2 rings (SSSR count). The molecule has 0 fully saturated rings. The van der Waals surface area contributed by atoms with Crippen molar-refractivity contribution in [1.82, 2.24) is 10.2 Å². The molecule has 2 N–H and O–H groups in total. The summed E-state index contributed by atoms with van der Waals surface area (Å²) < 4.78 is 26.1. The third-order valence-electron chi connectivity index (χ3n) is 3.65. The number of anilines is 1. The topological polar surface area (TPSA) is 61.4 Å². The summed E-state index contributed by atoms with van der Waals surface area (Å²) in [6.45, 7) is 1.44. The van der Waals surface area contributed by atoms with Gasteiger partial charge >= 0.3 is 0 Å². The van der Waals surface area contributed by atoms with Crippen LogP contribution in [0.4, 0.5) is 14.5 Å². The number of hydrogen-bond acceptors (Lipinski definition) is 3. The summed E-state index contributed by atoms with van der Waals surface area (Å²) in [5, 5.41) is 5.29. The molecule has 0 saturated carbocycles. The van der Waals surface area contributed by atoms with E-state index in [2.05, 4.69) is 10.6 Å². The Bertz CT molecular complexity index is 777. The van der Waals surface area contributed by atoms with Crippen molar-refractivity contribution >= 4 is 17.5 Å². The monoisotopic (exact) mass is 361 g/mol. The normalized spacial score (nSPS) is 10.7. The van der Waals surface area contributed by atoms with Gasteiger partial charge in [0.25, 0.3) is 11.8 Å². The zero-order valence-electron chi connectivity index (χ0n) is 14.7. The van der Waals surface area contributed by atoms with Gasteiger partial charge in [-0.2, -0.15) is 0 Å². The zero-order valence-corrected chi connectivity index (χ0v) is 14.7. The minimum Gasteiger partial charge on any atom is -0.352 e. The van der Waals surface area contributed by atoms with Crippen LogP contribution < -0.4 is 10.6 Å². The summed E-state index contributed by atoms with van der Waals surface area (Å²) >= 11 is 0. The van der Waals surface area contributed by atoms with Crippen LogP contribution in [0.25, 0.3) is 0 Å². The number of carbonyl (C=O) groups is 2. The van der Waals surface area contributed by atoms with Gasteiger partial charge in [0.15, 0.2) is 11.6 Å². The van der Waals surface area contributed by atoms with Crippen molar-refractivity contribution in [2.45, 2.75) is 6.42 Å². The van der Waals surface area contributed by atoms with E-state index in [-0.39, 0.29) is 11.6 Å². The van der Waals surface area contributed by atoms with E-state index in [1.807, 2.05) is 19.0 Å². The summed E-state index contributed by atoms with van der Waals surface area (Å²) in [7, 11) is 3.93. The molecule has 5 nitrogen and oxygen atoms in total. The van der Waals surface area contributed by atoms with Crippen LogP contribution in [0, 0.1) is 11.6 Å². The van der Waals surface area contributed by atoms with E-state index in [1.165, 1.54) is 18.2 Å². The molecule has 0 aliphatic heterocycles. The third kappa shape index (κ3) is 5.63. The minimum atomic E-state index is -1.04. The summed E-state index contributed by atoms with van der Waals surface area (Å²) in [4.78, 5) is 26.2. The molecule has 0 unspecified atom stereocenters. The number of nitrogens with zero attached hydrogens (tertiary/aromatic N) is 1. The van der Waals surface area contributed by atoms with E-state index >= 15 is 0 Å². The van der Waals surface area contributed by atoms with Crippen molar-refractivity contribution in [3.8, 4) is 0 Å². The Hall–Kier alpha value is -2.80. The van der Waals surface area contributed by atoms with Gasteiger partial charge in [-0.05, 0) is 63.5 Å². The van der Waals surface area contributed by atoms with Gasteiger partial charge in [-0.25, -0.2) is 8.78 Å². The fraction of sp³-hybridized carbons (Fsp3) is 0.263. The lowest BCUT2D eigenvalue weighted by molar-refractivity contribution is 0.0950. The molecule has 7 heteroatoms. The lowest BCUT2D eigenvalue weighted by Gasteiger charge is -2.10. The summed E-state index contributed by atoms with van der Waals surface area (Å²) in [6.07, 6.45) is 0.841. The van der Waals surface area contributed by atoms with Crippen molar-refractivity contribution in [3.63, 3.8) is 0 Å². The van der Waals surface area contributed by atoms with E-state index < -0.39 is 17.5 Å². The molecule has 0 heterocycles. The van der Waals surface area contributed by atoms with Gasteiger partial charge in [-0.3, -0.25) is 9.59 Å². The molecule has 138 valence electrons. The van der Waals surface area contributed by atoms with Crippen LogP contribution in [-0.4, -0.2) is 43.9 Å². The predicted molar refractivity (Wildman–Crippen MR) is 96.3 cm³/mol. The average molecular weight is 361 g/mol. The van der Waals surface area contributed by atoms with Crippen molar-refractivity contribution in [2.75, 3.05) is 32.5 Å². The van der Waals surface area contributed by atoms with Crippen LogP contribution in [0.15, 0.2) is 42.5 Å². The fourth-order valence-corrected chi connectivity index (χ4v) is 2.25. The lowest BCUT2D eigenvalue weighted by atomic mass is 10.1. The largest absolute Gasteiger partial charge is 0.352 e. The molecule has 0 spiro atoms. The lowest BCUT2D eigenvalue weighted by Crippen LogP contribution is -2.27. The highest BCUT2D eigenvalue weighted by molar-refractivity contribution is 6.05. The van der Waals surface area contributed by atoms with Crippen LogP contribution >= 0.6 is 0 Å². The standard InChI is InChI=1S/C19H21F2N3O2/c1-24(2)11-3-10-22-18(25)13-4-6-14(7-5-13)19(26)23-15-8-9-16(20)17(21)12-15/h4-9,12H,3,10-11H2,1-2H3,(H,22,25)(H,23,26). The molecule has 2 aromatic rings. The smallest absolute Gasteiger partial charge is 0.255 e. The van der Waals surface area contributed by atoms with E-state index in [0.29, 0.717) is 17.7 Å². The molecule has 0 bridgehead atoms. The molecule has 0 aliphatic carbocycles. The minimum absolute atomic E-state index is 0.150. The Kier molecular flexibility index (Phi) is 6.80. The second-order valence-electron chi connectivity index (χ2n) is 6.07. The number of hydrogen-bond donors (Lipinski definition) is 2. The highest BCUT2D eigenvalue weighted by Gasteiger charge is 2.10. The maximum Gasteiger partial charge on any atom is 0.255 e. The summed E-state index contributed by atoms with van der Waals surface area (Å²) in [5.41, 5.74) is 0.898. The van der Waals surface area contributed by atoms with Gasteiger partial charge in [0.1, 0.15) is 0 Å². The Balaban J connectivity index is 1.92. The van der Waals surface area contributed by atoms with Gasteiger partial charge in [0, 0.05) is 29.4 Å². The number of benzene rings is 2. The van der Waals surface area contributed by atoms with Crippen LogP contribution in [0.2, 0.25) is 0 Å². The van der Waals surface area contributed by atoms with Crippen LogP contribution in [0.3, 0.4) is 0 Å². The Labute approximate surface area is 151 Å². The predicted octanol–water partition coefficient (Wildman–Crippen LogP) is 2.90. The van der Waals surface area contributed by atoms with Gasteiger partial charge < -0.3 is 15.5 Å². The maximum atomic E-state index is 13.2. The molecule has 0 aromatic heterocycles. The van der Waals surface area contributed by atoms with Crippen molar-refractivity contribution in [1.29, 1.82) is 0 Å². The first kappa shape index (κ1) is 19.5. The Morgan fingerprint density at radius 1 is 0.923 bits per heavy atom. The van der Waals surface area contributed by atoms with Crippen molar-refractivity contribution < 1.29 is 18.4 Å². The number of carbonyl (C=O) groups excluding carboxylic acids is 2. The van der Waals surface area contributed by atoms with E-state index in [0.717, 1.165) is 25.1 Å². The molecule has 0 aliphatic rings. The maximum absolute atomic E-state index is 13.2. The number of amides is 2. The van der Waals surface area contributed by atoms with Crippen LogP contribution in [-0.2, 0) is 0 Å². The first-order valence-corrected chi connectivity index (χ1v) is 8.16. The third-order valence-corrected chi connectivity index (χ3v) is 3.65. The molecule has 2 aromatic carbocycles. The van der Waals surface area contributed by atoms with Gasteiger partial charge in [-0.1, -0.05) is 0 Å². The van der Waals surface area contributed by atoms with Crippen molar-refractivity contribution in [2.24, 2.45) is 0 Å². The second-order valence-corrected chi connectivity index (χ2v) is 6.07. The highest BCUT2D eigenvalue weighted by Crippen LogP contribution is 2.14. The summed E-state index contributed by atoms with van der Waals surface area (Å²) in [6, 6.07) is 9.21. The molecular weight excluding hydrogens is 340 g/mol. The first-order valence-electron chi connectivity index (χ1n) is 8.16. The average Bonchev–Trinajstić information content (AvgIpc) is 2.61. The quantitative estimate of drug-likeness (QED) is 0.746. The fourth-order valence-electron chi connectivity index (χ4n) is 2.25. The van der Waals surface area contributed by atoms with Gasteiger partial charge in [-0.15, -0.1) is 0 Å². The molecule has 0 atom stereocenters. The molecular formula is C19H21F2N3O2. The van der Waals surface area contributed by atoms with Gasteiger partial charge in [0.2, 0.25) is 0 Å². The number of halogens is 2. The van der Waals surface area contributed by atoms with Crippen molar-refractivity contribution in [3.05, 3.63) is 65.2 Å². The Morgan fingerprint density at radius 2 is 1.54 bits per heavy atom. The first-order chi connectivity index (χ1) is 12.4. The molecule has 0 saturated heterocycles. The van der Waals surface area contributed by atoms with Crippen LogP contribution in [0.5, 0.6) is 0 Å². The van der Waals surface area contributed by atoms with E-state index in [1.54, 1.807) is 12.1 Å². The van der Waals surface area contributed by atoms with E-state index in [4.69, 9.17) is 0 Å². The SMILES string of the molecule is CN(C)CCCNC(=O)c1ccc(C(=O)Nc2ccc(F)c(F)c2)cc1. The number of nitrogens with one attached hydrogen (secondary N) is 2.